The van der Waals surface area contributed by atoms with Crippen molar-refractivity contribution in [3.05, 3.63) is 215 Å². The Morgan fingerprint density at radius 2 is 0.759 bits per heavy atom. The van der Waals surface area contributed by atoms with Gasteiger partial charge in [-0.25, -0.2) is 0 Å². The third-order valence-corrected chi connectivity index (χ3v) is 11.3. The molecule has 54 heavy (non-hydrogen) atoms. The Morgan fingerprint density at radius 1 is 0.481 bits per heavy atom. The van der Waals surface area contributed by atoms with E-state index in [2.05, 4.69) is 0 Å². The topological polar surface area (TPSA) is 104 Å². The number of hydrogen-bond donors (Lipinski definition) is 3. The summed E-state index contributed by atoms with van der Waals surface area (Å²) in [6, 6.07) is 53.8. The minimum Gasteiger partial charge on any atom is -0.378 e. The monoisotopic (exact) mass is 714 g/mol. The molecule has 0 radical (unpaired) electrons. The molecule has 0 bridgehead atoms. The van der Waals surface area contributed by atoms with Crippen molar-refractivity contribution in [3.8, 4) is 0 Å². The lowest BCUT2D eigenvalue weighted by molar-refractivity contribution is -0.170. The number of benzene rings is 6. The maximum absolute atomic E-state index is 16.3. The van der Waals surface area contributed by atoms with Crippen LogP contribution < -0.4 is 5.73 Å². The summed E-state index contributed by atoms with van der Waals surface area (Å²) in [5.41, 5.74) is 4.33. The van der Waals surface area contributed by atoms with E-state index in [1.54, 1.807) is 4.90 Å². The second-order valence-electron chi connectivity index (χ2n) is 14.3. The molecule has 2 amide bonds. The maximum Gasteiger partial charge on any atom is 0.239 e. The highest BCUT2D eigenvalue weighted by Gasteiger charge is 2.59. The van der Waals surface area contributed by atoms with E-state index < -0.39 is 40.5 Å². The largest absolute Gasteiger partial charge is 0.378 e. The van der Waals surface area contributed by atoms with Gasteiger partial charge in [0.1, 0.15) is 16.6 Å². The summed E-state index contributed by atoms with van der Waals surface area (Å²) in [6.07, 6.45) is 2.65. The van der Waals surface area contributed by atoms with Crippen LogP contribution in [0.5, 0.6) is 0 Å². The second-order valence-corrected chi connectivity index (χ2v) is 14.3. The van der Waals surface area contributed by atoms with Crippen molar-refractivity contribution in [1.82, 2.24) is 4.90 Å². The summed E-state index contributed by atoms with van der Waals surface area (Å²) in [5, 5.41) is 27.8. The first-order valence-corrected chi connectivity index (χ1v) is 18.7. The Labute approximate surface area is 317 Å². The van der Waals surface area contributed by atoms with Gasteiger partial charge in [0, 0.05) is 0 Å². The van der Waals surface area contributed by atoms with Gasteiger partial charge in [-0.15, -0.1) is 0 Å². The minimum absolute atomic E-state index is 0.255. The summed E-state index contributed by atoms with van der Waals surface area (Å²) in [7, 11) is 0. The lowest BCUT2D eigenvalue weighted by Crippen LogP contribution is -2.60. The van der Waals surface area contributed by atoms with Gasteiger partial charge >= 0.3 is 0 Å². The molecule has 6 aromatic carbocycles. The summed E-state index contributed by atoms with van der Waals surface area (Å²) < 4.78 is 0. The number of primary amides is 1. The van der Waals surface area contributed by atoms with Crippen LogP contribution >= 0.6 is 0 Å². The molecule has 6 aromatic rings. The van der Waals surface area contributed by atoms with Crippen LogP contribution in [0.1, 0.15) is 77.6 Å². The number of nitrogens with zero attached hydrogens (tertiary/aromatic N) is 1. The van der Waals surface area contributed by atoms with E-state index in [0.29, 0.717) is 46.2 Å². The van der Waals surface area contributed by atoms with E-state index in [9.17, 15) is 15.0 Å². The van der Waals surface area contributed by atoms with Crippen LogP contribution in [-0.2, 0) is 20.8 Å². The van der Waals surface area contributed by atoms with Crippen LogP contribution in [0.2, 0.25) is 0 Å². The van der Waals surface area contributed by atoms with E-state index in [1.165, 1.54) is 0 Å². The van der Waals surface area contributed by atoms with Gasteiger partial charge in [-0.2, -0.15) is 0 Å². The van der Waals surface area contributed by atoms with E-state index in [4.69, 9.17) is 5.73 Å². The SMILES string of the molecule is NC(=O)C1(C(=O)N(C(c2ccccc2)C(O)(c2ccccc2)c2ccccc2)C(c2ccccc2)C(O)(c2ccccc2)c2ccccc2)CCCCC1. The number of nitrogens with two attached hydrogens (primary N) is 1. The quantitative estimate of drug-likeness (QED) is 0.111. The smallest absolute Gasteiger partial charge is 0.239 e. The first-order chi connectivity index (χ1) is 26.3. The Hall–Kier alpha value is -5.82. The van der Waals surface area contributed by atoms with E-state index in [1.807, 2.05) is 182 Å². The molecule has 6 nitrogen and oxygen atoms in total. The molecule has 0 saturated heterocycles. The van der Waals surface area contributed by atoms with Crippen LogP contribution in [-0.4, -0.2) is 26.9 Å². The number of carbonyl (C=O) groups is 2. The summed E-state index contributed by atoms with van der Waals surface area (Å²) in [4.78, 5) is 31.9. The predicted molar refractivity (Wildman–Crippen MR) is 212 cm³/mol. The van der Waals surface area contributed by atoms with Crippen LogP contribution in [0.25, 0.3) is 0 Å². The molecule has 2 atom stereocenters. The molecule has 0 spiro atoms. The summed E-state index contributed by atoms with van der Waals surface area (Å²) in [6.45, 7) is 0. The number of amides is 2. The molecule has 0 aliphatic heterocycles. The lowest BCUT2D eigenvalue weighted by Gasteiger charge is -2.53. The van der Waals surface area contributed by atoms with Crippen molar-refractivity contribution in [2.45, 2.75) is 55.4 Å². The lowest BCUT2D eigenvalue weighted by atomic mass is 9.68. The average Bonchev–Trinajstić information content (AvgIpc) is 3.25. The molecular formula is C48H46N2O4. The number of carbonyl (C=O) groups excluding carboxylic acids is 2. The summed E-state index contributed by atoms with van der Waals surface area (Å²) >= 11 is 0. The normalized spacial score (nSPS) is 15.4. The van der Waals surface area contributed by atoms with Gasteiger partial charge in [0.25, 0.3) is 0 Å². The zero-order valence-corrected chi connectivity index (χ0v) is 30.2. The fourth-order valence-corrected chi connectivity index (χ4v) is 8.56. The summed E-state index contributed by atoms with van der Waals surface area (Å²) in [5.74, 6) is -1.24. The highest BCUT2D eigenvalue weighted by Crippen LogP contribution is 2.55. The molecule has 4 N–H and O–H groups in total. The van der Waals surface area contributed by atoms with Crippen LogP contribution in [0, 0.1) is 5.41 Å². The molecule has 2 unspecified atom stereocenters. The van der Waals surface area contributed by atoms with E-state index >= 15 is 4.79 Å². The molecule has 272 valence electrons. The van der Waals surface area contributed by atoms with Crippen molar-refractivity contribution < 1.29 is 19.8 Å². The van der Waals surface area contributed by atoms with Gasteiger partial charge < -0.3 is 20.8 Å². The van der Waals surface area contributed by atoms with Gasteiger partial charge in [-0.1, -0.05) is 201 Å². The molecule has 6 heteroatoms. The van der Waals surface area contributed by atoms with E-state index in [-0.39, 0.29) is 12.8 Å². The number of hydrogen-bond acceptors (Lipinski definition) is 4. The highest BCUT2D eigenvalue weighted by atomic mass is 16.3. The third-order valence-electron chi connectivity index (χ3n) is 11.3. The second kappa shape index (κ2) is 15.7. The molecular weight excluding hydrogens is 669 g/mol. The molecule has 0 aromatic heterocycles. The number of rotatable bonds is 12. The Balaban J connectivity index is 1.66. The van der Waals surface area contributed by atoms with Crippen molar-refractivity contribution in [3.63, 3.8) is 0 Å². The highest BCUT2D eigenvalue weighted by molar-refractivity contribution is 6.05. The van der Waals surface area contributed by atoms with Crippen molar-refractivity contribution >= 4 is 11.8 Å². The Bertz CT molecular complexity index is 1910. The molecule has 1 aliphatic rings. The van der Waals surface area contributed by atoms with Crippen molar-refractivity contribution in [2.75, 3.05) is 0 Å². The van der Waals surface area contributed by atoms with Crippen LogP contribution in [0.15, 0.2) is 182 Å². The average molecular weight is 715 g/mol. The van der Waals surface area contributed by atoms with Crippen molar-refractivity contribution in [1.29, 1.82) is 0 Å². The minimum atomic E-state index is -1.91. The third kappa shape index (κ3) is 6.53. The van der Waals surface area contributed by atoms with Gasteiger partial charge in [0.2, 0.25) is 11.8 Å². The van der Waals surface area contributed by atoms with Gasteiger partial charge in [0.15, 0.2) is 0 Å². The van der Waals surface area contributed by atoms with Gasteiger partial charge in [0.05, 0.1) is 12.1 Å². The Kier molecular flexibility index (Phi) is 10.6. The zero-order valence-electron chi connectivity index (χ0n) is 30.2. The molecule has 0 heterocycles. The zero-order chi connectivity index (χ0) is 37.6. The van der Waals surface area contributed by atoms with Gasteiger partial charge in [-0.05, 0) is 46.2 Å². The first-order valence-electron chi connectivity index (χ1n) is 18.7. The molecule has 1 fully saturated rings. The molecule has 1 saturated carbocycles. The molecule has 7 rings (SSSR count). The molecule has 1 aliphatic carbocycles. The predicted octanol–water partition coefficient (Wildman–Crippen LogP) is 8.61. The van der Waals surface area contributed by atoms with Gasteiger partial charge in [-0.3, -0.25) is 9.59 Å². The standard InChI is InChI=1S/C48H46N2O4/c49-44(51)46(34-20-7-21-35-46)45(52)50(42(36-22-8-1-9-23-36)47(53,38-26-12-3-13-27-38)39-28-14-4-15-29-39)43(37-24-10-2-11-25-37)48(54,40-30-16-5-17-31-40)41-32-18-6-19-33-41/h1-6,8-19,22-33,42-43,53-54H,7,20-21,34-35H2,(H2,49,51). The fourth-order valence-electron chi connectivity index (χ4n) is 8.56. The van der Waals surface area contributed by atoms with E-state index in [0.717, 1.165) is 6.42 Å². The van der Waals surface area contributed by atoms with Crippen LogP contribution in [0.4, 0.5) is 0 Å². The maximum atomic E-state index is 16.3. The first kappa shape index (κ1) is 36.5. The number of aliphatic hydroxyl groups is 2. The van der Waals surface area contributed by atoms with Crippen LogP contribution in [0.3, 0.4) is 0 Å². The Morgan fingerprint density at radius 3 is 1.04 bits per heavy atom. The fraction of sp³-hybridized carbons (Fsp3) is 0.208. The van der Waals surface area contributed by atoms with Crippen molar-refractivity contribution in [2.24, 2.45) is 11.1 Å².